The molecule has 2 heterocycles. The maximum atomic E-state index is 15.5. The molecule has 0 saturated carbocycles. The number of carboxylic acids is 1. The molecular formula is C77H130N32O17S2. The Labute approximate surface area is 748 Å². The van der Waals surface area contributed by atoms with Crippen molar-refractivity contribution >= 4 is 134 Å². The van der Waals surface area contributed by atoms with Crippen molar-refractivity contribution in [3.8, 4) is 11.5 Å². The van der Waals surface area contributed by atoms with Gasteiger partial charge in [-0.3, -0.25) is 84.6 Å². The summed E-state index contributed by atoms with van der Waals surface area (Å²) in [6.45, 7) is 0.109. The number of carbonyl (C=O) groups excluding carboxylic acids is 13. The van der Waals surface area contributed by atoms with Crippen LogP contribution < -0.4 is 142 Å². The Hall–Kier alpha value is -12.7. The van der Waals surface area contributed by atoms with E-state index in [9.17, 15) is 48.9 Å². The van der Waals surface area contributed by atoms with Crippen molar-refractivity contribution in [1.29, 1.82) is 27.0 Å². The molecule has 0 bridgehead atoms. The molecule has 4 rings (SSSR count). The molecule has 14 amide bonds. The van der Waals surface area contributed by atoms with Crippen LogP contribution in [0.1, 0.15) is 140 Å². The largest absolute Gasteiger partial charge is 0.508 e. The molecule has 0 spiro atoms. The number of hydrogen-bond acceptors (Lipinski definition) is 26. The predicted molar refractivity (Wildman–Crippen MR) is 479 cm³/mol. The van der Waals surface area contributed by atoms with Crippen LogP contribution in [0.2, 0.25) is 0 Å². The Kier molecular flexibility index (Phi) is 49.3. The Balaban J connectivity index is 2.03. The quantitative estimate of drug-likeness (QED) is 0.0127. The van der Waals surface area contributed by atoms with E-state index in [0.29, 0.717) is 18.4 Å². The number of amides is 14. The monoisotopic (exact) mass is 1840 g/mol. The Morgan fingerprint density at radius 3 is 1.20 bits per heavy atom. The van der Waals surface area contributed by atoms with Gasteiger partial charge in [-0.05, 0) is 177 Å². The fourth-order valence-electron chi connectivity index (χ4n) is 13.4. The van der Waals surface area contributed by atoms with E-state index >= 15 is 33.6 Å². The van der Waals surface area contributed by atoms with Crippen LogP contribution in [0.15, 0.2) is 48.5 Å². The zero-order valence-corrected chi connectivity index (χ0v) is 73.1. The number of unbranched alkanes of at least 4 members (excludes halogenated alkanes) is 2. The van der Waals surface area contributed by atoms with Crippen LogP contribution in [0.25, 0.3) is 0 Å². The van der Waals surface area contributed by atoms with E-state index < -0.39 is 203 Å². The summed E-state index contributed by atoms with van der Waals surface area (Å²) in [7, 11) is 1.46. The highest BCUT2D eigenvalue weighted by atomic mass is 33.1. The number of nitrogens with one attached hydrogen (secondary N) is 22. The maximum Gasteiger partial charge on any atom is 0.327 e. The highest BCUT2D eigenvalue weighted by Crippen LogP contribution is 2.26. The van der Waals surface area contributed by atoms with Crippen molar-refractivity contribution < 1.29 is 82.4 Å². The molecule has 0 aliphatic carbocycles. The summed E-state index contributed by atoms with van der Waals surface area (Å²) >= 11 is 0. The van der Waals surface area contributed by atoms with Crippen LogP contribution in [-0.2, 0) is 75.2 Å². The summed E-state index contributed by atoms with van der Waals surface area (Å²) in [5, 5.41) is 115. The Morgan fingerprint density at radius 1 is 0.422 bits per heavy atom. The van der Waals surface area contributed by atoms with Gasteiger partial charge in [-0.2, -0.15) is 0 Å². The van der Waals surface area contributed by atoms with Crippen LogP contribution >= 0.6 is 21.6 Å². The van der Waals surface area contributed by atoms with E-state index in [-0.39, 0.29) is 204 Å². The van der Waals surface area contributed by atoms with Crippen LogP contribution in [-0.4, -0.2) is 282 Å². The fourth-order valence-corrected chi connectivity index (χ4v) is 15.7. The molecule has 2 fully saturated rings. The standard InChI is InChI=1S/C77H130N32O17S2/c78-29-3-1-13-47-63(116)104-53(14-2-4-30-79)70(123)109-37-11-20-58(109)69(122)106-55(39-43-23-27-45(111)28-24-43)67(120)103-50(17-8-34-95-75(87)88)62(115)101-52(19-10-36-97-77(91)126)65(118)108-57(71(124)125)41-128-127-40-56(68(121)105-54(38-42-21-25-44(110)26-22-42)66(119)102-49(61(114)99-47)16-7-33-94-74(85)86)107-64(117)51(18-9-35-96-76(89)90)100-60(113)48(15-6-32-93-73(83)84)98-59(112)46(80)12-5-31-92-72(81)82/h21-28,46-58,110-111H,1-20,29-41,78-80H2,(H,98,112)(H,99,114)(H,100,113)(H,101,115)(H,102,119)(H,103,120)(H,104,116)(H,105,121)(H,106,122)(H,107,117)(H,108,118)(H,124,125)(H4,81,82,92)(H4,83,84,93)(H4,85,86,94)(H4,87,88,95)(H4,89,90,96)(H3,91,97,126)/t46-,47-,48-,49-,50-,51-,52-,53+,54-,55-,56-,57-,58-/m0/s1. The van der Waals surface area contributed by atoms with Gasteiger partial charge < -0.3 is 162 Å². The first-order valence-corrected chi connectivity index (χ1v) is 44.6. The lowest BCUT2D eigenvalue weighted by Gasteiger charge is -2.31. The number of fused-ring (bicyclic) bond motifs is 1. The Morgan fingerprint density at radius 2 is 0.773 bits per heavy atom. The molecule has 2 aliphatic rings. The van der Waals surface area contributed by atoms with Crippen molar-refractivity contribution in [2.45, 2.75) is 220 Å². The molecular weight excluding hydrogens is 1710 g/mol. The number of guanidine groups is 5. The summed E-state index contributed by atoms with van der Waals surface area (Å²) in [5.41, 5.74) is 51.9. The third-order valence-electron chi connectivity index (χ3n) is 20.2. The van der Waals surface area contributed by atoms with E-state index in [2.05, 4.69) is 90.4 Å². The Bertz CT molecular complexity index is 4050. The normalized spacial score (nSPS) is 21.0. The summed E-state index contributed by atoms with van der Waals surface area (Å²) in [5.74, 6) is -17.0. The van der Waals surface area contributed by atoms with Gasteiger partial charge in [0.05, 0.1) is 6.04 Å². The summed E-state index contributed by atoms with van der Waals surface area (Å²) < 4.78 is 0. The predicted octanol–water partition coefficient (Wildman–Crippen LogP) is -7.96. The van der Waals surface area contributed by atoms with Crippen LogP contribution in [0.4, 0.5) is 4.79 Å². The first-order valence-electron chi connectivity index (χ1n) is 42.2. The fraction of sp³-hybridized carbons (Fsp3) is 0.597. The molecule has 0 unspecified atom stereocenters. The molecule has 128 heavy (non-hydrogen) atoms. The number of nitrogens with zero attached hydrogens (tertiary/aromatic N) is 1. The second-order valence-corrected chi connectivity index (χ2v) is 33.1. The average molecular weight is 1840 g/mol. The second kappa shape index (κ2) is 58.6. The third kappa shape index (κ3) is 42.1. The van der Waals surface area contributed by atoms with Gasteiger partial charge in [0.2, 0.25) is 70.9 Å². The van der Waals surface area contributed by atoms with Crippen molar-refractivity contribution in [2.24, 2.45) is 51.6 Å². The number of phenols is 2. The van der Waals surface area contributed by atoms with Crippen molar-refractivity contribution in [3.63, 3.8) is 0 Å². The van der Waals surface area contributed by atoms with E-state index in [1.165, 1.54) is 53.4 Å². The van der Waals surface area contributed by atoms with Crippen molar-refractivity contribution in [1.82, 2.24) is 95.3 Å². The number of hydrogen-bond donors (Lipinski definition) is 34. The number of aliphatic carboxylic acids is 1. The summed E-state index contributed by atoms with van der Waals surface area (Å²) in [6, 6.07) is -10.5. The lowest BCUT2D eigenvalue weighted by atomic mass is 10.0. The smallest absolute Gasteiger partial charge is 0.327 e. The molecule has 43 N–H and O–H groups in total. The second-order valence-electron chi connectivity index (χ2n) is 30.5. The third-order valence-corrected chi connectivity index (χ3v) is 22.6. The van der Waals surface area contributed by atoms with E-state index in [1.807, 2.05) is 0 Å². The number of primary amides is 1. The molecule has 2 aliphatic heterocycles. The lowest BCUT2D eigenvalue weighted by molar-refractivity contribution is -0.143. The first-order chi connectivity index (χ1) is 60.9. The van der Waals surface area contributed by atoms with Gasteiger partial charge in [-0.15, -0.1) is 0 Å². The molecule has 51 heteroatoms. The van der Waals surface area contributed by atoms with Crippen molar-refractivity contribution in [3.05, 3.63) is 59.7 Å². The molecule has 49 nitrogen and oxygen atoms in total. The minimum atomic E-state index is -1.87. The van der Waals surface area contributed by atoms with Gasteiger partial charge in [-0.1, -0.05) is 45.9 Å². The molecule has 712 valence electrons. The maximum absolute atomic E-state index is 15.5. The van der Waals surface area contributed by atoms with Crippen molar-refractivity contribution in [2.75, 3.05) is 70.4 Å². The lowest BCUT2D eigenvalue weighted by Crippen LogP contribution is -2.61. The van der Waals surface area contributed by atoms with E-state index in [1.54, 1.807) is 0 Å². The minimum absolute atomic E-state index is 0.00261. The summed E-state index contributed by atoms with van der Waals surface area (Å²) in [6.07, 6.45) is -0.548. The topological polar surface area (TPSA) is 861 Å². The van der Waals surface area contributed by atoms with Gasteiger partial charge in [-0.25, -0.2) is 9.59 Å². The van der Waals surface area contributed by atoms with Crippen LogP contribution in [0.5, 0.6) is 11.5 Å². The number of aromatic hydroxyl groups is 2. The molecule has 0 aromatic heterocycles. The van der Waals surface area contributed by atoms with Gasteiger partial charge in [0.25, 0.3) is 0 Å². The molecule has 0 radical (unpaired) electrons. The molecule has 2 saturated heterocycles. The first kappa shape index (κ1) is 108. The van der Waals surface area contributed by atoms with Gasteiger partial charge in [0.15, 0.2) is 29.8 Å². The highest BCUT2D eigenvalue weighted by molar-refractivity contribution is 8.76. The minimum Gasteiger partial charge on any atom is -0.508 e. The number of nitrogens with two attached hydrogens (primary N) is 9. The number of rotatable bonds is 43. The van der Waals surface area contributed by atoms with Crippen LogP contribution in [0.3, 0.4) is 0 Å². The molecule has 2 aromatic carbocycles. The number of carbonyl (C=O) groups is 14. The van der Waals surface area contributed by atoms with Gasteiger partial charge >= 0.3 is 12.0 Å². The number of carboxylic acid groups (broad SMARTS) is 1. The zero-order chi connectivity index (χ0) is 94.8. The summed E-state index contributed by atoms with van der Waals surface area (Å²) in [4.78, 5) is 206. The van der Waals surface area contributed by atoms with E-state index in [4.69, 9.17) is 78.6 Å². The van der Waals surface area contributed by atoms with E-state index in [0.717, 1.165) is 21.6 Å². The SMILES string of the molecule is N=C(N)NCCC[C@@H]1NC(=O)[C@H](Cc2ccc(O)cc2)NC(=O)[C@@H](NC(=O)[C@H](CCCNC(=N)N)NC(=O)[C@H](CCCNC(=N)N)NC(=O)[C@@H](N)CCCNC(=N)N)CSSC[C@@H](C(=O)O)NC(=O)[C@H](CCCNC(N)=O)NC(=O)[C@H](CCCNC(=N)N)NC(=O)[C@H](Cc2ccc(O)cc2)NC(=O)[C@@H]2CCCN2C(=O)[C@@H](CCCCN)NC(=O)[C@H](CCCCN)NC1=O. The highest BCUT2D eigenvalue weighted by Gasteiger charge is 2.42. The molecule has 2 aromatic rings. The van der Waals surface area contributed by atoms with Crippen LogP contribution in [0, 0.1) is 27.0 Å². The average Bonchev–Trinajstić information content (AvgIpc) is 1.48. The van der Waals surface area contributed by atoms with Gasteiger partial charge in [0.1, 0.15) is 84.0 Å². The number of phenolic OH excluding ortho intramolecular Hbond substituents is 2. The number of benzene rings is 2. The zero-order valence-electron chi connectivity index (χ0n) is 71.5. The molecule has 13 atom stereocenters. The number of urea groups is 1. The van der Waals surface area contributed by atoms with Gasteiger partial charge in [0, 0.05) is 70.2 Å².